The maximum Gasteiger partial charge on any atom is 0.104 e. The summed E-state index contributed by atoms with van der Waals surface area (Å²) in [6.07, 6.45) is 6.05. The minimum Gasteiger partial charge on any atom is -0.365 e. The van der Waals surface area contributed by atoms with Crippen molar-refractivity contribution >= 4 is 11.9 Å². The smallest absolute Gasteiger partial charge is 0.104 e. The zero-order valence-electron chi connectivity index (χ0n) is 9.28. The van der Waals surface area contributed by atoms with Crippen molar-refractivity contribution in [3.8, 4) is 0 Å². The number of hydrogen-bond donors (Lipinski definition) is 2. The Kier molecular flexibility index (Phi) is 2.58. The van der Waals surface area contributed by atoms with E-state index in [1.807, 2.05) is 27.0 Å². The van der Waals surface area contributed by atoms with Crippen LogP contribution in [0.5, 0.6) is 0 Å². The number of aromatic amines is 1. The lowest BCUT2D eigenvalue weighted by molar-refractivity contribution is 0.633. The molecule has 15 heavy (non-hydrogen) atoms. The molecule has 2 heterocycles. The van der Waals surface area contributed by atoms with E-state index in [4.69, 9.17) is 0 Å². The van der Waals surface area contributed by atoms with Crippen LogP contribution in [0.25, 0.3) is 6.08 Å². The van der Waals surface area contributed by atoms with Gasteiger partial charge in [-0.25, -0.2) is 0 Å². The molecule has 2 atom stereocenters. The Balaban J connectivity index is 0.000000404. The highest BCUT2D eigenvalue weighted by Crippen LogP contribution is 2.32. The largest absolute Gasteiger partial charge is 0.365 e. The monoisotopic (exact) mass is 204 g/mol. The van der Waals surface area contributed by atoms with E-state index in [9.17, 15) is 0 Å². The molecule has 2 unspecified atom stereocenters. The van der Waals surface area contributed by atoms with Crippen LogP contribution in [-0.2, 0) is 0 Å². The summed E-state index contributed by atoms with van der Waals surface area (Å²) in [4.78, 5) is 4.52. The van der Waals surface area contributed by atoms with E-state index in [1.54, 1.807) is 0 Å². The first kappa shape index (κ1) is 9.96. The van der Waals surface area contributed by atoms with Gasteiger partial charge in [0.05, 0.1) is 23.8 Å². The van der Waals surface area contributed by atoms with Crippen LogP contribution < -0.4 is 5.32 Å². The number of rotatable bonds is 0. The number of aromatic nitrogens is 2. The first-order valence-corrected chi connectivity index (χ1v) is 5.37. The number of nitrogens with zero attached hydrogens (tertiary/aromatic N) is 2. The Morgan fingerprint density at radius 2 is 2.13 bits per heavy atom. The van der Waals surface area contributed by atoms with Crippen molar-refractivity contribution in [3.05, 3.63) is 23.5 Å². The molecule has 1 aromatic rings. The van der Waals surface area contributed by atoms with Crippen LogP contribution in [0.2, 0.25) is 0 Å². The van der Waals surface area contributed by atoms with Crippen molar-refractivity contribution in [3.63, 3.8) is 0 Å². The van der Waals surface area contributed by atoms with Gasteiger partial charge < -0.3 is 5.32 Å². The number of H-pyrrole nitrogens is 1. The minimum absolute atomic E-state index is 0.221. The number of nitrogens with one attached hydrogen (secondary N) is 2. The highest BCUT2D eigenvalue weighted by atomic mass is 15.2. The lowest BCUT2D eigenvalue weighted by Gasteiger charge is -2.17. The summed E-state index contributed by atoms with van der Waals surface area (Å²) < 4.78 is 0. The van der Waals surface area contributed by atoms with Gasteiger partial charge in [0.25, 0.3) is 0 Å². The molecule has 0 radical (unpaired) electrons. The Morgan fingerprint density at radius 1 is 1.33 bits per heavy atom. The van der Waals surface area contributed by atoms with E-state index in [-0.39, 0.29) is 6.04 Å². The van der Waals surface area contributed by atoms with Crippen LogP contribution in [0.3, 0.4) is 0 Å². The maximum absolute atomic E-state index is 4.52. The van der Waals surface area contributed by atoms with E-state index < -0.39 is 0 Å². The quantitative estimate of drug-likeness (QED) is 0.678. The summed E-state index contributed by atoms with van der Waals surface area (Å²) in [5.41, 5.74) is 2.28. The summed E-state index contributed by atoms with van der Waals surface area (Å²) in [5.74, 6) is 1.01. The fourth-order valence-electron chi connectivity index (χ4n) is 1.94. The molecule has 1 aromatic heterocycles. The Morgan fingerprint density at radius 3 is 2.93 bits per heavy atom. The van der Waals surface area contributed by atoms with Crippen LogP contribution in [0.15, 0.2) is 17.3 Å². The first-order valence-electron chi connectivity index (χ1n) is 5.37. The molecule has 80 valence electrons. The highest BCUT2D eigenvalue weighted by Gasteiger charge is 2.31. The molecule has 4 nitrogen and oxygen atoms in total. The molecule has 0 saturated heterocycles. The molecular weight excluding hydrogens is 188 g/mol. The van der Waals surface area contributed by atoms with Crippen LogP contribution in [0.4, 0.5) is 0 Å². The van der Waals surface area contributed by atoms with Crippen LogP contribution in [0.1, 0.15) is 38.1 Å². The molecule has 0 saturated carbocycles. The van der Waals surface area contributed by atoms with Crippen LogP contribution in [-0.4, -0.2) is 22.1 Å². The molecule has 0 spiro atoms. The third-order valence-corrected chi connectivity index (χ3v) is 2.54. The lowest BCUT2D eigenvalue weighted by atomic mass is 9.96. The van der Waals surface area contributed by atoms with E-state index in [2.05, 4.69) is 32.7 Å². The fraction of sp³-hybridized carbons (Fsp3) is 0.455. The van der Waals surface area contributed by atoms with E-state index in [0.29, 0.717) is 6.04 Å². The van der Waals surface area contributed by atoms with Gasteiger partial charge in [0.2, 0.25) is 0 Å². The zero-order chi connectivity index (χ0) is 10.8. The average molecular weight is 204 g/mol. The second kappa shape index (κ2) is 3.88. The third kappa shape index (κ3) is 1.56. The molecule has 0 amide bonds. The molecule has 0 bridgehead atoms. The van der Waals surface area contributed by atoms with Crippen molar-refractivity contribution in [1.82, 2.24) is 15.5 Å². The molecule has 3 rings (SSSR count). The minimum atomic E-state index is 0.221. The van der Waals surface area contributed by atoms with Crippen molar-refractivity contribution in [2.75, 3.05) is 0 Å². The van der Waals surface area contributed by atoms with E-state index >= 15 is 0 Å². The Labute approximate surface area is 89.5 Å². The van der Waals surface area contributed by atoms with Gasteiger partial charge in [-0.05, 0) is 13.0 Å². The van der Waals surface area contributed by atoms with Gasteiger partial charge in [0.15, 0.2) is 0 Å². The van der Waals surface area contributed by atoms with Crippen molar-refractivity contribution in [2.45, 2.75) is 32.9 Å². The molecule has 0 aromatic carbocycles. The second-order valence-corrected chi connectivity index (χ2v) is 3.43. The van der Waals surface area contributed by atoms with Crippen LogP contribution in [0, 0.1) is 0 Å². The Bertz CT molecular complexity index is 402. The SMILES string of the molecule is CC.CC1=NC2c3cn[nH]c3C=CC2N1. The number of aliphatic imine (C=N–C) groups is 1. The highest BCUT2D eigenvalue weighted by molar-refractivity contribution is 5.83. The molecule has 4 heteroatoms. The van der Waals surface area contributed by atoms with Gasteiger partial charge in [-0.2, -0.15) is 5.10 Å². The van der Waals surface area contributed by atoms with Crippen LogP contribution >= 0.6 is 0 Å². The predicted octanol–water partition coefficient (Wildman–Crippen LogP) is 1.89. The average Bonchev–Trinajstić information content (AvgIpc) is 2.84. The van der Waals surface area contributed by atoms with E-state index in [0.717, 1.165) is 11.5 Å². The maximum atomic E-state index is 4.52. The number of fused-ring (bicyclic) bond motifs is 3. The predicted molar refractivity (Wildman–Crippen MR) is 61.7 cm³/mol. The summed E-state index contributed by atoms with van der Waals surface area (Å²) in [5, 5.41) is 10.3. The normalized spacial score (nSPS) is 25.7. The summed E-state index contributed by atoms with van der Waals surface area (Å²) >= 11 is 0. The zero-order valence-corrected chi connectivity index (χ0v) is 9.28. The third-order valence-electron chi connectivity index (χ3n) is 2.54. The first-order chi connectivity index (χ1) is 7.34. The van der Waals surface area contributed by atoms with Gasteiger partial charge in [-0.3, -0.25) is 10.1 Å². The van der Waals surface area contributed by atoms with Gasteiger partial charge in [-0.15, -0.1) is 0 Å². The van der Waals surface area contributed by atoms with Crippen molar-refractivity contribution in [2.24, 2.45) is 4.99 Å². The van der Waals surface area contributed by atoms with E-state index in [1.165, 1.54) is 5.56 Å². The Hall–Kier alpha value is -1.58. The standard InChI is InChI=1S/C9H10N4.C2H6/c1-5-11-8-3-2-7-6(4-10-13-7)9(8)12-5;1-2/h2-4,8-9H,1H3,(H,10,13)(H,11,12);1-2H3. The lowest BCUT2D eigenvalue weighted by Crippen LogP contribution is -2.29. The fourth-order valence-corrected chi connectivity index (χ4v) is 1.94. The molecule has 2 N–H and O–H groups in total. The second-order valence-electron chi connectivity index (χ2n) is 3.43. The molecular formula is C11H16N4. The summed E-state index contributed by atoms with van der Waals surface area (Å²) in [6, 6.07) is 0.545. The van der Waals surface area contributed by atoms with Crippen molar-refractivity contribution < 1.29 is 0 Å². The van der Waals surface area contributed by atoms with Gasteiger partial charge >= 0.3 is 0 Å². The summed E-state index contributed by atoms with van der Waals surface area (Å²) in [7, 11) is 0. The topological polar surface area (TPSA) is 53.1 Å². The van der Waals surface area contributed by atoms with Gasteiger partial charge in [0, 0.05) is 5.56 Å². The van der Waals surface area contributed by atoms with Gasteiger partial charge in [-0.1, -0.05) is 19.9 Å². The van der Waals surface area contributed by atoms with Gasteiger partial charge in [0.1, 0.15) is 6.04 Å². The molecule has 1 aliphatic carbocycles. The molecule has 1 aliphatic heterocycles. The number of amidine groups is 1. The molecule has 0 fully saturated rings. The summed E-state index contributed by atoms with van der Waals surface area (Å²) in [6.45, 7) is 5.99. The van der Waals surface area contributed by atoms with Crippen molar-refractivity contribution in [1.29, 1.82) is 0 Å². The molecule has 2 aliphatic rings. The number of hydrogen-bond acceptors (Lipinski definition) is 3.